The molecule has 5 nitrogen and oxygen atoms in total. The van der Waals surface area contributed by atoms with Gasteiger partial charge in [0, 0.05) is 53.4 Å². The maximum absolute atomic E-state index is 4.65. The van der Waals surface area contributed by atoms with Gasteiger partial charge in [-0.3, -0.25) is 0 Å². The molecule has 5 rings (SSSR count). The summed E-state index contributed by atoms with van der Waals surface area (Å²) in [6.07, 6.45) is 12.2. The first-order valence-corrected chi connectivity index (χ1v) is 7.15. The van der Waals surface area contributed by atoms with Gasteiger partial charge in [0.25, 0.3) is 0 Å². The molecule has 1 aliphatic carbocycles. The first kappa shape index (κ1) is 11.0. The molecule has 0 spiro atoms. The van der Waals surface area contributed by atoms with E-state index in [0.717, 1.165) is 33.6 Å². The Labute approximate surface area is 120 Å². The highest BCUT2D eigenvalue weighted by Crippen LogP contribution is 2.38. The van der Waals surface area contributed by atoms with E-state index < -0.39 is 0 Å². The molecule has 0 aromatic carbocycles. The molecule has 0 radical (unpaired) electrons. The average Bonchev–Trinajstić information content (AvgIpc) is 3.11. The summed E-state index contributed by atoms with van der Waals surface area (Å²) in [7, 11) is 0. The van der Waals surface area contributed by atoms with Gasteiger partial charge in [-0.2, -0.15) is 0 Å². The Morgan fingerprint density at radius 3 is 3.05 bits per heavy atom. The summed E-state index contributed by atoms with van der Waals surface area (Å²) < 4.78 is 2.02. The Morgan fingerprint density at radius 1 is 1.19 bits per heavy atom. The molecule has 1 fully saturated rings. The number of rotatable bonds is 2. The van der Waals surface area contributed by atoms with Crippen molar-refractivity contribution in [3.05, 3.63) is 48.9 Å². The highest BCUT2D eigenvalue weighted by Gasteiger charge is 2.26. The highest BCUT2D eigenvalue weighted by atomic mass is 15.0. The number of aromatic amines is 1. The number of hydrogen-bond acceptors (Lipinski definition) is 3. The smallest absolute Gasteiger partial charge is 0.141 e. The number of pyridine rings is 1. The van der Waals surface area contributed by atoms with Gasteiger partial charge in [-0.05, 0) is 25.0 Å². The lowest BCUT2D eigenvalue weighted by molar-refractivity contribution is 0.943. The minimum atomic E-state index is 0.573. The van der Waals surface area contributed by atoms with Crippen molar-refractivity contribution in [3.63, 3.8) is 0 Å². The minimum absolute atomic E-state index is 0.573. The van der Waals surface area contributed by atoms with E-state index in [1.165, 1.54) is 12.8 Å². The van der Waals surface area contributed by atoms with Gasteiger partial charge < -0.3 is 9.38 Å². The highest BCUT2D eigenvalue weighted by molar-refractivity contribution is 5.93. The van der Waals surface area contributed by atoms with Crippen LogP contribution >= 0.6 is 0 Å². The van der Waals surface area contributed by atoms with Crippen LogP contribution in [0.15, 0.2) is 43.1 Å². The molecule has 4 aromatic heterocycles. The lowest BCUT2D eigenvalue weighted by Gasteiger charge is -2.02. The molecule has 4 aromatic rings. The Kier molecular flexibility index (Phi) is 2.05. The van der Waals surface area contributed by atoms with Crippen LogP contribution in [0.2, 0.25) is 0 Å². The van der Waals surface area contributed by atoms with Crippen LogP contribution in [-0.2, 0) is 0 Å². The van der Waals surface area contributed by atoms with Crippen molar-refractivity contribution < 1.29 is 0 Å². The Bertz CT molecular complexity index is 961. The molecule has 1 N–H and O–H groups in total. The van der Waals surface area contributed by atoms with Crippen molar-refractivity contribution >= 4 is 16.7 Å². The van der Waals surface area contributed by atoms with Crippen molar-refractivity contribution in [1.82, 2.24) is 24.3 Å². The third-order valence-electron chi connectivity index (χ3n) is 4.09. The number of H-pyrrole nitrogens is 1. The van der Waals surface area contributed by atoms with E-state index in [4.69, 9.17) is 0 Å². The predicted octanol–water partition coefficient (Wildman–Crippen LogP) is 3.15. The van der Waals surface area contributed by atoms with E-state index >= 15 is 0 Å². The van der Waals surface area contributed by atoms with Crippen molar-refractivity contribution in [2.75, 3.05) is 0 Å². The molecule has 0 bridgehead atoms. The van der Waals surface area contributed by atoms with E-state index in [0.29, 0.717) is 5.92 Å². The maximum Gasteiger partial charge on any atom is 0.141 e. The van der Waals surface area contributed by atoms with Crippen molar-refractivity contribution in [1.29, 1.82) is 0 Å². The van der Waals surface area contributed by atoms with E-state index in [-0.39, 0.29) is 0 Å². The Morgan fingerprint density at radius 2 is 2.14 bits per heavy atom. The fraction of sp³-hybridized carbons (Fsp3) is 0.188. The van der Waals surface area contributed by atoms with Gasteiger partial charge >= 0.3 is 0 Å². The molecule has 5 heteroatoms. The summed E-state index contributed by atoms with van der Waals surface area (Å²) in [4.78, 5) is 16.7. The first-order valence-electron chi connectivity index (χ1n) is 7.15. The fourth-order valence-corrected chi connectivity index (χ4v) is 2.78. The lowest BCUT2D eigenvalue weighted by Crippen LogP contribution is -1.91. The molecular weight excluding hydrogens is 262 g/mol. The zero-order valence-electron chi connectivity index (χ0n) is 11.3. The zero-order valence-corrected chi connectivity index (χ0v) is 11.3. The molecule has 0 amide bonds. The molecule has 21 heavy (non-hydrogen) atoms. The van der Waals surface area contributed by atoms with E-state index in [2.05, 4.69) is 32.2 Å². The normalized spacial score (nSPS) is 15.0. The summed E-state index contributed by atoms with van der Waals surface area (Å²) in [5.41, 5.74) is 4.14. The summed E-state index contributed by atoms with van der Waals surface area (Å²) in [6, 6.07) is 4.10. The van der Waals surface area contributed by atoms with Crippen LogP contribution in [0.4, 0.5) is 0 Å². The number of hydrogen-bond donors (Lipinski definition) is 1. The number of imidazole rings is 1. The van der Waals surface area contributed by atoms with Crippen LogP contribution in [-0.4, -0.2) is 24.3 Å². The average molecular weight is 275 g/mol. The largest absolute Gasteiger partial charge is 0.345 e. The second-order valence-electron chi connectivity index (χ2n) is 5.58. The van der Waals surface area contributed by atoms with Crippen molar-refractivity contribution in [2.24, 2.45) is 0 Å². The zero-order chi connectivity index (χ0) is 13.8. The molecule has 1 saturated carbocycles. The second kappa shape index (κ2) is 3.91. The summed E-state index contributed by atoms with van der Waals surface area (Å²) in [5, 5.41) is 1.07. The molecule has 102 valence electrons. The van der Waals surface area contributed by atoms with E-state index in [1.807, 2.05) is 29.1 Å². The number of fused-ring (bicyclic) bond motifs is 2. The molecule has 4 heterocycles. The van der Waals surface area contributed by atoms with Gasteiger partial charge in [0.05, 0.1) is 0 Å². The molecular formula is C16H13N5. The van der Waals surface area contributed by atoms with Gasteiger partial charge in [-0.25, -0.2) is 15.0 Å². The Balaban J connectivity index is 1.68. The maximum atomic E-state index is 4.65. The molecule has 0 unspecified atom stereocenters. The SMILES string of the molecule is c1cn2cc(-c3c[nH]c4nc(C5CC5)ncc34)ccc2n1. The molecule has 0 aliphatic heterocycles. The molecule has 0 atom stereocenters. The van der Waals surface area contributed by atoms with Crippen molar-refractivity contribution in [3.8, 4) is 11.1 Å². The summed E-state index contributed by atoms with van der Waals surface area (Å²) in [6.45, 7) is 0. The van der Waals surface area contributed by atoms with Crippen LogP contribution in [0.25, 0.3) is 27.8 Å². The van der Waals surface area contributed by atoms with Gasteiger partial charge in [-0.15, -0.1) is 0 Å². The fourth-order valence-electron chi connectivity index (χ4n) is 2.78. The van der Waals surface area contributed by atoms with Crippen LogP contribution in [0.1, 0.15) is 24.6 Å². The third-order valence-corrected chi connectivity index (χ3v) is 4.09. The van der Waals surface area contributed by atoms with Crippen LogP contribution in [0, 0.1) is 0 Å². The summed E-state index contributed by atoms with van der Waals surface area (Å²) >= 11 is 0. The van der Waals surface area contributed by atoms with Gasteiger partial charge in [0.2, 0.25) is 0 Å². The third kappa shape index (κ3) is 1.67. The van der Waals surface area contributed by atoms with Crippen LogP contribution < -0.4 is 0 Å². The number of nitrogens with zero attached hydrogens (tertiary/aromatic N) is 4. The van der Waals surface area contributed by atoms with E-state index in [1.54, 1.807) is 6.20 Å². The standard InChI is InChI=1S/C16H13N5/c1-2-10(1)15-18-8-13-12(7-19-16(13)20-15)11-3-4-14-17-5-6-21(14)9-11/h3-10H,1-2H2,(H,18,19,20). The number of aromatic nitrogens is 5. The predicted molar refractivity (Wildman–Crippen MR) is 80.0 cm³/mol. The van der Waals surface area contributed by atoms with Gasteiger partial charge in [-0.1, -0.05) is 0 Å². The minimum Gasteiger partial charge on any atom is -0.345 e. The van der Waals surface area contributed by atoms with E-state index in [9.17, 15) is 0 Å². The molecule has 1 aliphatic rings. The summed E-state index contributed by atoms with van der Waals surface area (Å²) in [5.74, 6) is 1.55. The van der Waals surface area contributed by atoms with Crippen molar-refractivity contribution in [2.45, 2.75) is 18.8 Å². The van der Waals surface area contributed by atoms with Crippen LogP contribution in [0.5, 0.6) is 0 Å². The monoisotopic (exact) mass is 275 g/mol. The van der Waals surface area contributed by atoms with Crippen LogP contribution in [0.3, 0.4) is 0 Å². The Hall–Kier alpha value is -2.69. The quantitative estimate of drug-likeness (QED) is 0.611. The first-order chi connectivity index (χ1) is 10.4. The number of nitrogens with one attached hydrogen (secondary N) is 1. The van der Waals surface area contributed by atoms with Gasteiger partial charge in [0.15, 0.2) is 0 Å². The topological polar surface area (TPSA) is 58.9 Å². The second-order valence-corrected chi connectivity index (χ2v) is 5.58. The van der Waals surface area contributed by atoms with Gasteiger partial charge in [0.1, 0.15) is 17.1 Å². The lowest BCUT2D eigenvalue weighted by atomic mass is 10.1. The molecule has 0 saturated heterocycles.